The van der Waals surface area contributed by atoms with E-state index in [-0.39, 0.29) is 5.91 Å². The Bertz CT molecular complexity index is 564. The molecule has 0 fully saturated rings. The average molecular weight is 342 g/mol. The van der Waals surface area contributed by atoms with E-state index < -0.39 is 0 Å². The molecule has 0 saturated heterocycles. The number of nitrogens with zero attached hydrogens (tertiary/aromatic N) is 1. The van der Waals surface area contributed by atoms with Crippen LogP contribution in [0.15, 0.2) is 24.3 Å². The molecule has 17 heavy (non-hydrogen) atoms. The van der Waals surface area contributed by atoms with E-state index in [1.165, 1.54) is 11.6 Å². The van der Waals surface area contributed by atoms with Crippen LogP contribution in [0.2, 0.25) is 0 Å². The fraction of sp³-hybridized carbons (Fsp3) is 0.0909. The van der Waals surface area contributed by atoms with Crippen LogP contribution in [0.1, 0.15) is 16.1 Å². The minimum Gasteiger partial charge on any atom is -0.382 e. The number of nitrogens with two attached hydrogens (primary N) is 1. The zero-order valence-electron chi connectivity index (χ0n) is 9.12. The number of halogens is 1. The van der Waals surface area contributed by atoms with Crippen molar-refractivity contribution in [1.29, 1.82) is 0 Å². The quantitative estimate of drug-likeness (QED) is 0.732. The number of rotatable bonds is 2. The molecule has 6 heteroatoms. The summed E-state index contributed by atoms with van der Waals surface area (Å²) in [5, 5.41) is 9.03. The third-order valence-electron chi connectivity index (χ3n) is 2.27. The molecule has 0 aliphatic heterocycles. The molecule has 0 atom stereocenters. The van der Waals surface area contributed by atoms with E-state index in [2.05, 4.69) is 38.1 Å². The normalized spacial score (nSPS) is 10.2. The highest BCUT2D eigenvalue weighted by Gasteiger charge is 2.09. The first-order valence-corrected chi connectivity index (χ1v) is 6.02. The van der Waals surface area contributed by atoms with Crippen LogP contribution in [0.3, 0.4) is 0 Å². The molecule has 2 rings (SSSR count). The fourth-order valence-corrected chi connectivity index (χ4v) is 1.84. The van der Waals surface area contributed by atoms with Gasteiger partial charge in [-0.15, -0.1) is 0 Å². The molecular weight excluding hydrogens is 331 g/mol. The number of anilines is 2. The van der Waals surface area contributed by atoms with Gasteiger partial charge in [0.1, 0.15) is 11.5 Å². The van der Waals surface area contributed by atoms with Crippen molar-refractivity contribution in [2.45, 2.75) is 6.92 Å². The number of carbonyl (C=O) groups excluding carboxylic acids is 1. The zero-order valence-corrected chi connectivity index (χ0v) is 11.3. The maximum Gasteiger partial charge on any atom is 0.273 e. The Labute approximate surface area is 112 Å². The van der Waals surface area contributed by atoms with Gasteiger partial charge in [-0.2, -0.15) is 5.10 Å². The SMILES string of the molecule is Cc1ccc(NC(=O)c2cc(N)n[nH]2)cc1I. The molecule has 1 heterocycles. The molecular formula is C11H11IN4O. The third kappa shape index (κ3) is 2.76. The number of amides is 1. The van der Waals surface area contributed by atoms with Crippen LogP contribution in [0, 0.1) is 10.5 Å². The Hall–Kier alpha value is -1.57. The van der Waals surface area contributed by atoms with Crippen LogP contribution in [0.4, 0.5) is 11.5 Å². The Morgan fingerprint density at radius 1 is 1.47 bits per heavy atom. The smallest absolute Gasteiger partial charge is 0.273 e. The van der Waals surface area contributed by atoms with Crippen molar-refractivity contribution in [2.24, 2.45) is 0 Å². The van der Waals surface area contributed by atoms with Gasteiger partial charge in [0.25, 0.3) is 5.91 Å². The van der Waals surface area contributed by atoms with E-state index in [0.29, 0.717) is 11.5 Å². The van der Waals surface area contributed by atoms with Crippen molar-refractivity contribution in [3.8, 4) is 0 Å². The molecule has 0 spiro atoms. The first-order chi connectivity index (χ1) is 8.06. The van der Waals surface area contributed by atoms with Crippen LogP contribution in [-0.4, -0.2) is 16.1 Å². The van der Waals surface area contributed by atoms with Gasteiger partial charge in [-0.05, 0) is 47.2 Å². The van der Waals surface area contributed by atoms with Crippen LogP contribution >= 0.6 is 22.6 Å². The van der Waals surface area contributed by atoms with Gasteiger partial charge in [-0.1, -0.05) is 6.07 Å². The minimum absolute atomic E-state index is 0.256. The number of hydrogen-bond acceptors (Lipinski definition) is 3. The second-order valence-electron chi connectivity index (χ2n) is 3.62. The fourth-order valence-electron chi connectivity index (χ4n) is 1.32. The van der Waals surface area contributed by atoms with Crippen molar-refractivity contribution in [3.63, 3.8) is 0 Å². The average Bonchev–Trinajstić information content (AvgIpc) is 2.70. The summed E-state index contributed by atoms with van der Waals surface area (Å²) in [6.45, 7) is 2.02. The lowest BCUT2D eigenvalue weighted by atomic mass is 10.2. The summed E-state index contributed by atoms with van der Waals surface area (Å²) in [6, 6.07) is 7.22. The van der Waals surface area contributed by atoms with Crippen molar-refractivity contribution in [1.82, 2.24) is 10.2 Å². The Kier molecular flexibility index (Phi) is 3.32. The molecule has 2 aromatic rings. The second-order valence-corrected chi connectivity index (χ2v) is 4.79. The Balaban J connectivity index is 2.15. The Morgan fingerprint density at radius 2 is 2.24 bits per heavy atom. The van der Waals surface area contributed by atoms with Crippen LogP contribution < -0.4 is 11.1 Å². The topological polar surface area (TPSA) is 83.8 Å². The molecule has 4 N–H and O–H groups in total. The lowest BCUT2D eigenvalue weighted by molar-refractivity contribution is 0.102. The summed E-state index contributed by atoms with van der Waals surface area (Å²) in [5.74, 6) is 0.0440. The van der Waals surface area contributed by atoms with E-state index >= 15 is 0 Å². The number of hydrogen-bond donors (Lipinski definition) is 3. The Morgan fingerprint density at radius 3 is 2.82 bits per heavy atom. The van der Waals surface area contributed by atoms with Gasteiger partial charge in [-0.25, -0.2) is 0 Å². The van der Waals surface area contributed by atoms with Crippen LogP contribution in [0.25, 0.3) is 0 Å². The molecule has 0 aliphatic rings. The predicted octanol–water partition coefficient (Wildman–Crippen LogP) is 2.16. The number of H-pyrrole nitrogens is 1. The van der Waals surface area contributed by atoms with E-state index in [1.54, 1.807) is 0 Å². The molecule has 0 radical (unpaired) electrons. The summed E-state index contributed by atoms with van der Waals surface area (Å²) in [6.07, 6.45) is 0. The number of aromatic amines is 1. The maximum absolute atomic E-state index is 11.8. The highest BCUT2D eigenvalue weighted by molar-refractivity contribution is 14.1. The first kappa shape index (κ1) is 11.9. The molecule has 0 unspecified atom stereocenters. The van der Waals surface area contributed by atoms with E-state index in [9.17, 15) is 4.79 Å². The van der Waals surface area contributed by atoms with Crippen molar-refractivity contribution < 1.29 is 4.79 Å². The summed E-state index contributed by atoms with van der Waals surface area (Å²) < 4.78 is 1.10. The lowest BCUT2D eigenvalue weighted by Crippen LogP contribution is -2.12. The molecule has 0 saturated carbocycles. The highest BCUT2D eigenvalue weighted by Crippen LogP contribution is 2.17. The van der Waals surface area contributed by atoms with Crippen LogP contribution in [-0.2, 0) is 0 Å². The first-order valence-electron chi connectivity index (χ1n) is 4.94. The minimum atomic E-state index is -0.256. The second kappa shape index (κ2) is 4.74. The standard InChI is InChI=1S/C11H11IN4O/c1-6-2-3-7(4-8(6)12)14-11(17)9-5-10(13)16-15-9/h2-5H,1H3,(H,14,17)(H3,13,15,16). The molecule has 1 aromatic heterocycles. The van der Waals surface area contributed by atoms with E-state index in [0.717, 1.165) is 9.26 Å². The van der Waals surface area contributed by atoms with Crippen molar-refractivity contribution >= 4 is 40.0 Å². The molecule has 5 nitrogen and oxygen atoms in total. The van der Waals surface area contributed by atoms with Gasteiger partial charge in [-0.3, -0.25) is 9.89 Å². The van der Waals surface area contributed by atoms with E-state index in [1.807, 2.05) is 25.1 Å². The van der Waals surface area contributed by atoms with Crippen LogP contribution in [0.5, 0.6) is 0 Å². The largest absolute Gasteiger partial charge is 0.382 e. The molecule has 88 valence electrons. The molecule has 0 aliphatic carbocycles. The number of aryl methyl sites for hydroxylation is 1. The molecule has 0 bridgehead atoms. The number of aromatic nitrogens is 2. The van der Waals surface area contributed by atoms with Crippen molar-refractivity contribution in [2.75, 3.05) is 11.1 Å². The van der Waals surface area contributed by atoms with Gasteiger partial charge >= 0.3 is 0 Å². The lowest BCUT2D eigenvalue weighted by Gasteiger charge is -2.05. The summed E-state index contributed by atoms with van der Waals surface area (Å²) in [5.41, 5.74) is 7.70. The van der Waals surface area contributed by atoms with Gasteiger partial charge in [0, 0.05) is 15.3 Å². The predicted molar refractivity (Wildman–Crippen MR) is 74.8 cm³/mol. The zero-order chi connectivity index (χ0) is 12.4. The van der Waals surface area contributed by atoms with Gasteiger partial charge in [0.15, 0.2) is 0 Å². The van der Waals surface area contributed by atoms with E-state index in [4.69, 9.17) is 5.73 Å². The number of benzene rings is 1. The number of nitrogen functional groups attached to an aromatic ring is 1. The van der Waals surface area contributed by atoms with Gasteiger partial charge < -0.3 is 11.1 Å². The van der Waals surface area contributed by atoms with Gasteiger partial charge in [0.2, 0.25) is 0 Å². The van der Waals surface area contributed by atoms with Crippen molar-refractivity contribution in [3.05, 3.63) is 39.1 Å². The van der Waals surface area contributed by atoms with Gasteiger partial charge in [0.05, 0.1) is 0 Å². The number of carbonyl (C=O) groups is 1. The number of nitrogens with one attached hydrogen (secondary N) is 2. The third-order valence-corrected chi connectivity index (χ3v) is 3.43. The maximum atomic E-state index is 11.8. The monoisotopic (exact) mass is 342 g/mol. The summed E-state index contributed by atoms with van der Waals surface area (Å²) in [4.78, 5) is 11.8. The highest BCUT2D eigenvalue weighted by atomic mass is 127. The summed E-state index contributed by atoms with van der Waals surface area (Å²) >= 11 is 2.22. The summed E-state index contributed by atoms with van der Waals surface area (Å²) in [7, 11) is 0. The molecule has 1 amide bonds. The molecule has 1 aromatic carbocycles.